The standard InChI is InChI=1S/C28H30ClF2N5O2/c1-15-13-36(27(37)38-28(3,4)5)16(2)12-35(15)26-19-11-32-24(23(31)25(19)33-14-34-26)18-8-6-7-17-9-10-20(30)22(29)21(17)18/h6-11,14-16,23-24H,12-13H2,1-5H3/t15-,16+,23?,24?/m0/s1. The molecular formula is C28H30ClF2N5O2. The molecule has 1 aromatic heterocycles. The van der Waals surface area contributed by atoms with E-state index >= 15 is 4.39 Å². The molecule has 2 unspecified atom stereocenters. The summed E-state index contributed by atoms with van der Waals surface area (Å²) in [5.41, 5.74) is 0.619. The predicted molar refractivity (Wildman–Crippen MR) is 144 cm³/mol. The summed E-state index contributed by atoms with van der Waals surface area (Å²) in [4.78, 5) is 29.8. The van der Waals surface area contributed by atoms with Crippen molar-refractivity contribution in [2.24, 2.45) is 4.99 Å². The van der Waals surface area contributed by atoms with Gasteiger partial charge in [0.25, 0.3) is 0 Å². The van der Waals surface area contributed by atoms with Gasteiger partial charge in [-0.25, -0.2) is 23.5 Å². The Hall–Kier alpha value is -3.33. The van der Waals surface area contributed by atoms with Crippen molar-refractivity contribution in [3.8, 4) is 0 Å². The molecule has 2 aromatic carbocycles. The summed E-state index contributed by atoms with van der Waals surface area (Å²) in [6, 6.07) is 7.01. The molecule has 10 heteroatoms. The van der Waals surface area contributed by atoms with Crippen molar-refractivity contribution in [3.63, 3.8) is 0 Å². The molecule has 3 aromatic rings. The lowest BCUT2D eigenvalue weighted by Crippen LogP contribution is -2.59. The molecule has 1 fully saturated rings. The third-order valence-electron chi connectivity index (χ3n) is 6.97. The molecule has 0 N–H and O–H groups in total. The average molecular weight is 542 g/mol. The molecule has 0 spiro atoms. The van der Waals surface area contributed by atoms with Crippen LogP contribution in [0.25, 0.3) is 10.8 Å². The number of piperazine rings is 1. The second-order valence-corrected chi connectivity index (χ2v) is 11.3. The van der Waals surface area contributed by atoms with Crippen LogP contribution in [0, 0.1) is 5.82 Å². The first-order chi connectivity index (χ1) is 18.0. The number of anilines is 1. The molecule has 0 aliphatic carbocycles. The van der Waals surface area contributed by atoms with Gasteiger partial charge >= 0.3 is 6.09 Å². The number of aromatic nitrogens is 2. The van der Waals surface area contributed by atoms with Crippen molar-refractivity contribution < 1.29 is 18.3 Å². The zero-order valence-corrected chi connectivity index (χ0v) is 22.7. The van der Waals surface area contributed by atoms with Crippen molar-refractivity contribution in [3.05, 3.63) is 64.3 Å². The van der Waals surface area contributed by atoms with E-state index in [9.17, 15) is 9.18 Å². The molecule has 0 saturated carbocycles. The summed E-state index contributed by atoms with van der Waals surface area (Å²) in [6.07, 6.45) is 0.997. The van der Waals surface area contributed by atoms with Crippen LogP contribution in [-0.2, 0) is 4.74 Å². The highest BCUT2D eigenvalue weighted by molar-refractivity contribution is 6.36. The maximum absolute atomic E-state index is 16.1. The molecule has 38 heavy (non-hydrogen) atoms. The molecule has 2 aliphatic heterocycles. The topological polar surface area (TPSA) is 70.9 Å². The summed E-state index contributed by atoms with van der Waals surface area (Å²) >= 11 is 6.31. The fraction of sp³-hybridized carbons (Fsp3) is 0.429. The maximum atomic E-state index is 16.1. The smallest absolute Gasteiger partial charge is 0.410 e. The Morgan fingerprint density at radius 2 is 1.87 bits per heavy atom. The van der Waals surface area contributed by atoms with E-state index in [1.807, 2.05) is 34.6 Å². The lowest BCUT2D eigenvalue weighted by Gasteiger charge is -2.45. The Labute approximate surface area is 225 Å². The molecule has 7 nitrogen and oxygen atoms in total. The third kappa shape index (κ3) is 4.68. The van der Waals surface area contributed by atoms with E-state index in [1.54, 1.807) is 35.4 Å². The molecule has 5 rings (SSSR count). The van der Waals surface area contributed by atoms with E-state index in [-0.39, 0.29) is 28.9 Å². The Balaban J connectivity index is 1.46. The van der Waals surface area contributed by atoms with Gasteiger partial charge in [-0.15, -0.1) is 0 Å². The zero-order chi connectivity index (χ0) is 27.4. The molecular weight excluding hydrogens is 512 g/mol. The van der Waals surface area contributed by atoms with Gasteiger partial charge in [0.15, 0.2) is 6.17 Å². The van der Waals surface area contributed by atoms with Crippen LogP contribution in [0.15, 0.2) is 41.7 Å². The molecule has 0 radical (unpaired) electrons. The number of rotatable bonds is 2. The summed E-state index contributed by atoms with van der Waals surface area (Å²) in [5, 5.41) is 1.09. The van der Waals surface area contributed by atoms with Crippen LogP contribution in [0.3, 0.4) is 0 Å². The van der Waals surface area contributed by atoms with E-state index in [4.69, 9.17) is 16.3 Å². The molecule has 1 amide bonds. The Morgan fingerprint density at radius 3 is 2.61 bits per heavy atom. The highest BCUT2D eigenvalue weighted by atomic mass is 35.5. The molecule has 1 saturated heterocycles. The number of hydrogen-bond donors (Lipinski definition) is 0. The number of carbonyl (C=O) groups excluding carboxylic acids is 1. The number of aliphatic imine (C=N–C) groups is 1. The number of fused-ring (bicyclic) bond motifs is 2. The molecule has 3 heterocycles. The van der Waals surface area contributed by atoms with Gasteiger partial charge in [-0.05, 0) is 51.6 Å². The minimum absolute atomic E-state index is 0.0552. The van der Waals surface area contributed by atoms with E-state index in [2.05, 4.69) is 19.9 Å². The van der Waals surface area contributed by atoms with Crippen molar-refractivity contribution in [2.75, 3.05) is 18.0 Å². The summed E-state index contributed by atoms with van der Waals surface area (Å²) in [5.74, 6) is -0.00880. The third-order valence-corrected chi connectivity index (χ3v) is 7.34. The number of ether oxygens (including phenoxy) is 1. The SMILES string of the molecule is C[C@@H]1CN(c2ncnc3c2C=NC(c2cccc4ccc(F)c(Cl)c24)C3F)[C@@H](C)CN1C(=O)OC(C)(C)C. The Bertz CT molecular complexity index is 1430. The monoisotopic (exact) mass is 541 g/mol. The van der Waals surface area contributed by atoms with Crippen LogP contribution in [0.5, 0.6) is 0 Å². The fourth-order valence-electron chi connectivity index (χ4n) is 5.17. The van der Waals surface area contributed by atoms with Crippen LogP contribution in [0.1, 0.15) is 63.7 Å². The lowest BCUT2D eigenvalue weighted by molar-refractivity contribution is 0.0129. The summed E-state index contributed by atoms with van der Waals surface area (Å²) in [7, 11) is 0. The zero-order valence-electron chi connectivity index (χ0n) is 22.0. The first-order valence-electron chi connectivity index (χ1n) is 12.6. The lowest BCUT2D eigenvalue weighted by atomic mass is 9.91. The summed E-state index contributed by atoms with van der Waals surface area (Å²) in [6.45, 7) is 10.4. The maximum Gasteiger partial charge on any atom is 0.410 e. The van der Waals surface area contributed by atoms with Crippen LogP contribution >= 0.6 is 11.6 Å². The van der Waals surface area contributed by atoms with E-state index in [0.717, 1.165) is 0 Å². The number of hydrogen-bond acceptors (Lipinski definition) is 6. The van der Waals surface area contributed by atoms with Gasteiger partial charge in [0.05, 0.1) is 16.3 Å². The van der Waals surface area contributed by atoms with E-state index in [1.165, 1.54) is 12.4 Å². The molecule has 200 valence electrons. The van der Waals surface area contributed by atoms with Gasteiger partial charge in [0.2, 0.25) is 0 Å². The van der Waals surface area contributed by atoms with Gasteiger partial charge in [0, 0.05) is 36.8 Å². The van der Waals surface area contributed by atoms with Gasteiger partial charge in [-0.1, -0.05) is 35.9 Å². The van der Waals surface area contributed by atoms with Crippen molar-refractivity contribution in [1.29, 1.82) is 0 Å². The van der Waals surface area contributed by atoms with Gasteiger partial charge in [0.1, 0.15) is 29.6 Å². The number of amides is 1. The minimum atomic E-state index is -1.59. The number of nitrogens with zero attached hydrogens (tertiary/aromatic N) is 5. The first kappa shape index (κ1) is 26.3. The van der Waals surface area contributed by atoms with E-state index in [0.29, 0.717) is 40.8 Å². The number of halogens is 3. The van der Waals surface area contributed by atoms with Crippen LogP contribution < -0.4 is 4.90 Å². The molecule has 4 atom stereocenters. The van der Waals surface area contributed by atoms with Gasteiger partial charge in [-0.2, -0.15) is 0 Å². The first-order valence-corrected chi connectivity index (χ1v) is 13.0. The second-order valence-electron chi connectivity index (χ2n) is 10.9. The van der Waals surface area contributed by atoms with E-state index < -0.39 is 23.6 Å². The normalized spacial score (nSPS) is 23.5. The minimum Gasteiger partial charge on any atom is -0.444 e. The quantitative estimate of drug-likeness (QED) is 0.373. The fourth-order valence-corrected chi connectivity index (χ4v) is 5.45. The van der Waals surface area contributed by atoms with Crippen LogP contribution in [0.4, 0.5) is 19.4 Å². The van der Waals surface area contributed by atoms with Crippen LogP contribution in [0.2, 0.25) is 5.02 Å². The van der Waals surface area contributed by atoms with Crippen LogP contribution in [-0.4, -0.2) is 57.9 Å². The largest absolute Gasteiger partial charge is 0.444 e. The van der Waals surface area contributed by atoms with Gasteiger partial charge < -0.3 is 14.5 Å². The number of benzene rings is 2. The van der Waals surface area contributed by atoms with Crippen molar-refractivity contribution >= 4 is 40.5 Å². The van der Waals surface area contributed by atoms with Crippen molar-refractivity contribution in [2.45, 2.75) is 64.5 Å². The Kier molecular flexibility index (Phi) is 6.75. The predicted octanol–water partition coefficient (Wildman–Crippen LogP) is 6.44. The highest BCUT2D eigenvalue weighted by Crippen LogP contribution is 2.44. The van der Waals surface area contributed by atoms with Crippen molar-refractivity contribution in [1.82, 2.24) is 14.9 Å². The van der Waals surface area contributed by atoms with Gasteiger partial charge in [-0.3, -0.25) is 4.99 Å². The second kappa shape index (κ2) is 9.76. The number of alkyl halides is 1. The number of carbonyl (C=O) groups is 1. The Morgan fingerprint density at radius 1 is 1.11 bits per heavy atom. The summed E-state index contributed by atoms with van der Waals surface area (Å²) < 4.78 is 36.0. The molecule has 2 aliphatic rings. The average Bonchev–Trinajstić information content (AvgIpc) is 2.86. The molecule has 0 bridgehead atoms. The highest BCUT2D eigenvalue weighted by Gasteiger charge is 2.38.